The summed E-state index contributed by atoms with van der Waals surface area (Å²) in [5.74, 6) is -0.976. The number of carbonyl (C=O) groups excluding carboxylic acids is 1. The molecule has 124 valence electrons. The number of nitrogens with zero attached hydrogens (tertiary/aromatic N) is 3. The topological polar surface area (TPSA) is 86.2 Å². The first-order valence-electron chi connectivity index (χ1n) is 5.75. The minimum absolute atomic E-state index is 0.0824. The number of nitrogens with one attached hydrogen (secondary N) is 1. The first-order valence-corrected chi connectivity index (χ1v) is 7.36. The second-order valence-electron chi connectivity index (χ2n) is 3.86. The molecule has 2 aromatic rings. The van der Waals surface area contributed by atoms with Gasteiger partial charge in [-0.3, -0.25) is 10.1 Å². The summed E-state index contributed by atoms with van der Waals surface area (Å²) in [6.07, 6.45) is -3.51. The van der Waals surface area contributed by atoms with Gasteiger partial charge in [0.2, 0.25) is 11.8 Å². The summed E-state index contributed by atoms with van der Waals surface area (Å²) in [5.41, 5.74) is -1.28. The van der Waals surface area contributed by atoms with E-state index in [2.05, 4.69) is 36.2 Å². The third-order valence-electron chi connectivity index (χ3n) is 2.47. The van der Waals surface area contributed by atoms with Gasteiger partial charge < -0.3 is 9.47 Å². The predicted octanol–water partition coefficient (Wildman–Crippen LogP) is 2.98. The normalized spacial score (nSPS) is 11.2. The van der Waals surface area contributed by atoms with Crippen LogP contribution in [0.15, 0.2) is 10.1 Å². The summed E-state index contributed by atoms with van der Waals surface area (Å²) in [7, 11) is 2.56. The van der Waals surface area contributed by atoms with E-state index in [1.807, 2.05) is 0 Å². The maximum absolute atomic E-state index is 12.7. The van der Waals surface area contributed by atoms with Crippen LogP contribution in [0.1, 0.15) is 16.1 Å². The van der Waals surface area contributed by atoms with E-state index >= 15 is 0 Å². The van der Waals surface area contributed by atoms with E-state index in [0.29, 0.717) is 11.3 Å². The lowest BCUT2D eigenvalue weighted by Crippen LogP contribution is -2.16. The zero-order valence-corrected chi connectivity index (χ0v) is 14.0. The molecule has 2 aromatic heterocycles. The van der Waals surface area contributed by atoms with Crippen LogP contribution in [0, 0.1) is 0 Å². The maximum atomic E-state index is 12.7. The summed E-state index contributed by atoms with van der Waals surface area (Å²) in [6, 6.07) is 0. The fourth-order valence-corrected chi connectivity index (χ4v) is 3.03. The molecule has 0 saturated carbocycles. The van der Waals surface area contributed by atoms with E-state index in [9.17, 15) is 18.0 Å². The molecule has 0 aliphatic rings. The first-order chi connectivity index (χ1) is 10.8. The van der Waals surface area contributed by atoms with Crippen LogP contribution < -0.4 is 14.8 Å². The molecule has 23 heavy (non-hydrogen) atoms. The Labute approximate surface area is 140 Å². The molecule has 0 saturated heterocycles. The number of thiazole rings is 1. The van der Waals surface area contributed by atoms with Crippen LogP contribution >= 0.6 is 27.3 Å². The van der Waals surface area contributed by atoms with Crippen molar-refractivity contribution in [2.75, 3.05) is 19.5 Å². The van der Waals surface area contributed by atoms with Gasteiger partial charge in [0.1, 0.15) is 10.1 Å². The minimum Gasteiger partial charge on any atom is -0.480 e. The molecule has 1 N–H and O–H groups in total. The summed E-state index contributed by atoms with van der Waals surface area (Å²) >= 11 is 3.39. The van der Waals surface area contributed by atoms with Crippen molar-refractivity contribution < 1.29 is 27.4 Å². The number of methoxy groups -OCH3 is 2. The summed E-state index contributed by atoms with van der Waals surface area (Å²) in [6.45, 7) is 0. The molecule has 0 bridgehead atoms. The molecular weight excluding hydrogens is 405 g/mol. The van der Waals surface area contributed by atoms with Gasteiger partial charge in [0.15, 0.2) is 16.4 Å². The standard InChI is InChI=1S/C11H8BrF3N4O3S/c1-21-8-4(9(22-2)17-3-16-8)7(20)19-10-18-5(6(12)23-10)11(13,14)15/h3H,1-2H3,(H,18,19,20). The van der Waals surface area contributed by atoms with Crippen LogP contribution in [0.2, 0.25) is 0 Å². The lowest BCUT2D eigenvalue weighted by molar-refractivity contribution is -0.141. The van der Waals surface area contributed by atoms with E-state index in [1.165, 1.54) is 14.2 Å². The van der Waals surface area contributed by atoms with E-state index in [0.717, 1.165) is 6.33 Å². The first kappa shape index (κ1) is 17.4. The van der Waals surface area contributed by atoms with Crippen molar-refractivity contribution in [3.63, 3.8) is 0 Å². The molecule has 0 aliphatic heterocycles. The highest BCUT2D eigenvalue weighted by atomic mass is 79.9. The van der Waals surface area contributed by atoms with E-state index in [4.69, 9.17) is 9.47 Å². The van der Waals surface area contributed by atoms with Crippen LogP contribution in [0.25, 0.3) is 0 Å². The number of halogens is 4. The van der Waals surface area contributed by atoms with E-state index in [-0.39, 0.29) is 26.2 Å². The predicted molar refractivity (Wildman–Crippen MR) is 77.9 cm³/mol. The van der Waals surface area contributed by atoms with Gasteiger partial charge in [-0.25, -0.2) is 15.0 Å². The molecule has 0 radical (unpaired) electrons. The fraction of sp³-hybridized carbons (Fsp3) is 0.273. The molecule has 0 aliphatic carbocycles. The van der Waals surface area contributed by atoms with Crippen molar-refractivity contribution in [3.05, 3.63) is 21.4 Å². The van der Waals surface area contributed by atoms with Gasteiger partial charge >= 0.3 is 6.18 Å². The Morgan fingerprint density at radius 3 is 2.26 bits per heavy atom. The van der Waals surface area contributed by atoms with Crippen LogP contribution in [0.5, 0.6) is 11.8 Å². The van der Waals surface area contributed by atoms with Crippen LogP contribution in [-0.2, 0) is 6.18 Å². The van der Waals surface area contributed by atoms with Crippen LogP contribution in [-0.4, -0.2) is 35.1 Å². The number of anilines is 1. The third kappa shape index (κ3) is 3.69. The lowest BCUT2D eigenvalue weighted by Gasteiger charge is -2.09. The second kappa shape index (κ2) is 6.66. The number of amides is 1. The number of hydrogen-bond acceptors (Lipinski definition) is 7. The number of hydrogen-bond donors (Lipinski definition) is 1. The Morgan fingerprint density at radius 2 is 1.83 bits per heavy atom. The van der Waals surface area contributed by atoms with Crippen LogP contribution in [0.4, 0.5) is 18.3 Å². The molecule has 1 amide bonds. The Balaban J connectivity index is 2.34. The van der Waals surface area contributed by atoms with Crippen LogP contribution in [0.3, 0.4) is 0 Å². The third-order valence-corrected chi connectivity index (χ3v) is 4.09. The molecular formula is C11H8BrF3N4O3S. The average molecular weight is 413 g/mol. The van der Waals surface area contributed by atoms with Crippen molar-refractivity contribution in [1.29, 1.82) is 0 Å². The van der Waals surface area contributed by atoms with Gasteiger partial charge in [-0.1, -0.05) is 11.3 Å². The molecule has 12 heteroatoms. The Bertz CT molecular complexity index is 716. The van der Waals surface area contributed by atoms with Gasteiger partial charge in [0.25, 0.3) is 5.91 Å². The van der Waals surface area contributed by atoms with Gasteiger partial charge in [-0.15, -0.1) is 0 Å². The number of carbonyl (C=O) groups is 1. The van der Waals surface area contributed by atoms with Crippen molar-refractivity contribution in [3.8, 4) is 11.8 Å². The SMILES string of the molecule is COc1ncnc(OC)c1C(=O)Nc1nc(C(F)(F)F)c(Br)s1. The Kier molecular flexibility index (Phi) is 5.04. The van der Waals surface area contributed by atoms with Gasteiger partial charge in [0, 0.05) is 0 Å². The largest absolute Gasteiger partial charge is 0.480 e. The van der Waals surface area contributed by atoms with E-state index in [1.54, 1.807) is 0 Å². The maximum Gasteiger partial charge on any atom is 0.435 e. The van der Waals surface area contributed by atoms with Gasteiger partial charge in [-0.05, 0) is 15.9 Å². The average Bonchev–Trinajstić information content (AvgIpc) is 2.86. The zero-order chi connectivity index (χ0) is 17.2. The smallest absolute Gasteiger partial charge is 0.435 e. The van der Waals surface area contributed by atoms with Crippen molar-refractivity contribution in [2.45, 2.75) is 6.18 Å². The molecule has 0 unspecified atom stereocenters. The van der Waals surface area contributed by atoms with Gasteiger partial charge in [0.05, 0.1) is 14.2 Å². The van der Waals surface area contributed by atoms with Crippen molar-refractivity contribution in [2.24, 2.45) is 0 Å². The molecule has 0 fully saturated rings. The minimum atomic E-state index is -4.64. The molecule has 7 nitrogen and oxygen atoms in total. The van der Waals surface area contributed by atoms with Crippen molar-refractivity contribution >= 4 is 38.3 Å². The summed E-state index contributed by atoms with van der Waals surface area (Å²) in [5, 5.41) is 1.99. The fourth-order valence-electron chi connectivity index (χ4n) is 1.55. The highest BCUT2D eigenvalue weighted by Gasteiger charge is 2.37. The second-order valence-corrected chi connectivity index (χ2v) is 6.18. The summed E-state index contributed by atoms with van der Waals surface area (Å²) < 4.78 is 47.7. The number of alkyl halides is 3. The highest BCUT2D eigenvalue weighted by Crippen LogP contribution is 2.39. The molecule has 0 aromatic carbocycles. The number of aromatic nitrogens is 3. The zero-order valence-electron chi connectivity index (χ0n) is 11.6. The number of rotatable bonds is 4. The quantitative estimate of drug-likeness (QED) is 0.830. The Morgan fingerprint density at radius 1 is 1.26 bits per heavy atom. The lowest BCUT2D eigenvalue weighted by atomic mass is 10.3. The number of ether oxygens (including phenoxy) is 2. The molecule has 2 heterocycles. The van der Waals surface area contributed by atoms with Crippen molar-refractivity contribution in [1.82, 2.24) is 15.0 Å². The van der Waals surface area contributed by atoms with E-state index < -0.39 is 17.8 Å². The molecule has 2 rings (SSSR count). The molecule has 0 atom stereocenters. The summed E-state index contributed by atoms with van der Waals surface area (Å²) in [4.78, 5) is 23.1. The Hall–Kier alpha value is -1.95. The monoisotopic (exact) mass is 412 g/mol. The molecule has 0 spiro atoms. The highest BCUT2D eigenvalue weighted by molar-refractivity contribution is 9.11. The van der Waals surface area contributed by atoms with Gasteiger partial charge in [-0.2, -0.15) is 13.2 Å².